The third kappa shape index (κ3) is 6.58. The summed E-state index contributed by atoms with van der Waals surface area (Å²) in [6, 6.07) is 15.8. The Morgan fingerprint density at radius 3 is 2.38 bits per heavy atom. The minimum Gasteiger partial charge on any atom is -0.444 e. The highest BCUT2D eigenvalue weighted by molar-refractivity contribution is 5.87. The number of aliphatic hydroxyl groups excluding tert-OH is 1. The van der Waals surface area contributed by atoms with E-state index in [1.54, 1.807) is 25.7 Å². The summed E-state index contributed by atoms with van der Waals surface area (Å²) in [6.45, 7) is 8.41. The molecule has 3 N–H and O–H groups in total. The van der Waals surface area contributed by atoms with Crippen LogP contribution in [-0.2, 0) is 28.9 Å². The van der Waals surface area contributed by atoms with Gasteiger partial charge in [0.25, 0.3) is 0 Å². The van der Waals surface area contributed by atoms with E-state index in [2.05, 4.69) is 13.0 Å². The molecule has 1 heterocycles. The summed E-state index contributed by atoms with van der Waals surface area (Å²) in [7, 11) is 0. The molecular formula is C27H37N3O4. The molecule has 7 nitrogen and oxygen atoms in total. The second-order valence-electron chi connectivity index (χ2n) is 9.90. The van der Waals surface area contributed by atoms with Crippen LogP contribution in [0.15, 0.2) is 54.6 Å². The van der Waals surface area contributed by atoms with E-state index in [1.165, 1.54) is 10.5 Å². The van der Waals surface area contributed by atoms with Crippen molar-refractivity contribution in [2.24, 2.45) is 5.73 Å². The van der Waals surface area contributed by atoms with E-state index in [-0.39, 0.29) is 12.5 Å². The molecule has 0 spiro atoms. The van der Waals surface area contributed by atoms with Crippen LogP contribution in [0.4, 0.5) is 4.79 Å². The fourth-order valence-corrected chi connectivity index (χ4v) is 4.22. The Morgan fingerprint density at radius 1 is 1.09 bits per heavy atom. The minimum absolute atomic E-state index is 0.257. The quantitative estimate of drug-likeness (QED) is 0.652. The van der Waals surface area contributed by atoms with Crippen LogP contribution in [0.25, 0.3) is 0 Å². The summed E-state index contributed by atoms with van der Waals surface area (Å²) in [5.41, 5.74) is 8.84. The first-order valence-electron chi connectivity index (χ1n) is 11.9. The van der Waals surface area contributed by atoms with E-state index in [1.807, 2.05) is 48.5 Å². The van der Waals surface area contributed by atoms with Gasteiger partial charge in [-0.2, -0.15) is 0 Å². The van der Waals surface area contributed by atoms with Gasteiger partial charge in [-0.05, 0) is 50.3 Å². The molecule has 34 heavy (non-hydrogen) atoms. The highest BCUT2D eigenvalue weighted by atomic mass is 16.6. The molecule has 1 aliphatic heterocycles. The summed E-state index contributed by atoms with van der Waals surface area (Å²) < 4.78 is 5.55. The Hall–Kier alpha value is -2.90. The lowest BCUT2D eigenvalue weighted by molar-refractivity contribution is -0.148. The lowest BCUT2D eigenvalue weighted by Crippen LogP contribution is -2.65. The van der Waals surface area contributed by atoms with Gasteiger partial charge in [0.2, 0.25) is 5.91 Å². The predicted molar refractivity (Wildman–Crippen MR) is 132 cm³/mol. The van der Waals surface area contributed by atoms with Gasteiger partial charge in [-0.25, -0.2) is 4.79 Å². The zero-order valence-electron chi connectivity index (χ0n) is 20.6. The van der Waals surface area contributed by atoms with Gasteiger partial charge >= 0.3 is 6.09 Å². The molecular weight excluding hydrogens is 430 g/mol. The smallest absolute Gasteiger partial charge is 0.411 e. The molecule has 7 heteroatoms. The number of piperazine rings is 1. The zero-order chi connectivity index (χ0) is 24.9. The van der Waals surface area contributed by atoms with Crippen molar-refractivity contribution >= 4 is 12.0 Å². The molecule has 0 saturated carbocycles. The van der Waals surface area contributed by atoms with E-state index in [9.17, 15) is 14.7 Å². The second kappa shape index (κ2) is 11.0. The number of amides is 2. The number of aliphatic hydroxyl groups is 1. The average Bonchev–Trinajstić information content (AvgIpc) is 2.79. The monoisotopic (exact) mass is 467 g/mol. The second-order valence-corrected chi connectivity index (χ2v) is 9.90. The molecule has 0 unspecified atom stereocenters. The first kappa shape index (κ1) is 25.7. The third-order valence-electron chi connectivity index (χ3n) is 5.99. The first-order chi connectivity index (χ1) is 16.1. The number of hydrogen-bond acceptors (Lipinski definition) is 5. The van der Waals surface area contributed by atoms with E-state index < -0.39 is 29.9 Å². The summed E-state index contributed by atoms with van der Waals surface area (Å²) >= 11 is 0. The number of nitrogens with zero attached hydrogens (tertiary/aromatic N) is 2. The molecule has 0 bridgehead atoms. The Labute approximate surface area is 202 Å². The number of nitrogens with two attached hydrogens (primary N) is 1. The van der Waals surface area contributed by atoms with Gasteiger partial charge in [-0.1, -0.05) is 61.5 Å². The maximum atomic E-state index is 13.6. The molecule has 0 radical (unpaired) electrons. The van der Waals surface area contributed by atoms with Gasteiger partial charge in [-0.15, -0.1) is 0 Å². The number of aryl methyl sites for hydroxylation is 1. The molecule has 2 aromatic rings. The lowest BCUT2D eigenvalue weighted by Gasteiger charge is -2.43. The molecule has 3 atom stereocenters. The van der Waals surface area contributed by atoms with Crippen LogP contribution < -0.4 is 5.73 Å². The van der Waals surface area contributed by atoms with Crippen molar-refractivity contribution in [1.82, 2.24) is 9.80 Å². The highest BCUT2D eigenvalue weighted by Crippen LogP contribution is 2.23. The van der Waals surface area contributed by atoms with E-state index in [0.29, 0.717) is 19.5 Å². The summed E-state index contributed by atoms with van der Waals surface area (Å²) in [4.78, 5) is 29.6. The number of carbonyl (C=O) groups is 2. The van der Waals surface area contributed by atoms with Crippen molar-refractivity contribution in [1.29, 1.82) is 0 Å². The van der Waals surface area contributed by atoms with Crippen molar-refractivity contribution in [3.8, 4) is 0 Å². The van der Waals surface area contributed by atoms with Crippen molar-refractivity contribution in [2.45, 2.75) is 70.9 Å². The molecule has 184 valence electrons. The Kier molecular flexibility index (Phi) is 8.33. The van der Waals surface area contributed by atoms with Gasteiger partial charge in [-0.3, -0.25) is 9.69 Å². The number of benzene rings is 2. The van der Waals surface area contributed by atoms with Crippen molar-refractivity contribution in [3.63, 3.8) is 0 Å². The van der Waals surface area contributed by atoms with E-state index in [4.69, 9.17) is 10.5 Å². The Morgan fingerprint density at radius 2 is 1.74 bits per heavy atom. The van der Waals surface area contributed by atoms with Crippen LogP contribution in [-0.4, -0.2) is 63.8 Å². The normalized spacial score (nSPS) is 18.5. The average molecular weight is 468 g/mol. The summed E-state index contributed by atoms with van der Waals surface area (Å²) in [5.74, 6) is -0.328. The van der Waals surface area contributed by atoms with Gasteiger partial charge in [0.1, 0.15) is 11.6 Å². The fraction of sp³-hybridized carbons (Fsp3) is 0.481. The molecule has 2 amide bonds. The summed E-state index contributed by atoms with van der Waals surface area (Å²) in [5, 5.41) is 11.3. The minimum atomic E-state index is -1.25. The maximum Gasteiger partial charge on any atom is 0.411 e. The fourth-order valence-electron chi connectivity index (χ4n) is 4.22. The SMILES string of the molecule is CCc1cccc(C[C@H](N)[C@H](O)[C@H]2C(=O)N(Cc3ccccc3)CCN2C(=O)OC(C)(C)C)c1. The first-order valence-corrected chi connectivity index (χ1v) is 11.9. The largest absolute Gasteiger partial charge is 0.444 e. The molecule has 1 saturated heterocycles. The van der Waals surface area contributed by atoms with Gasteiger partial charge in [0, 0.05) is 25.7 Å². The molecule has 0 aromatic heterocycles. The van der Waals surface area contributed by atoms with Gasteiger partial charge in [0.15, 0.2) is 0 Å². The van der Waals surface area contributed by atoms with Crippen LogP contribution in [0.1, 0.15) is 44.4 Å². The number of carbonyl (C=O) groups excluding carboxylic acids is 2. The van der Waals surface area contributed by atoms with E-state index in [0.717, 1.165) is 17.5 Å². The van der Waals surface area contributed by atoms with Crippen molar-refractivity contribution < 1.29 is 19.4 Å². The van der Waals surface area contributed by atoms with Crippen LogP contribution in [0.5, 0.6) is 0 Å². The predicted octanol–water partition coefficient (Wildman–Crippen LogP) is 3.13. The molecule has 1 aliphatic rings. The number of ether oxygens (including phenoxy) is 1. The Balaban J connectivity index is 1.83. The van der Waals surface area contributed by atoms with Crippen LogP contribution in [0, 0.1) is 0 Å². The lowest BCUT2D eigenvalue weighted by atomic mass is 9.93. The van der Waals surface area contributed by atoms with Gasteiger partial charge in [0.05, 0.1) is 6.10 Å². The maximum absolute atomic E-state index is 13.6. The van der Waals surface area contributed by atoms with Gasteiger partial charge < -0.3 is 20.5 Å². The number of rotatable bonds is 7. The number of hydrogen-bond donors (Lipinski definition) is 2. The molecule has 0 aliphatic carbocycles. The molecule has 2 aromatic carbocycles. The zero-order valence-corrected chi connectivity index (χ0v) is 20.6. The summed E-state index contributed by atoms with van der Waals surface area (Å²) in [6.07, 6.45) is -0.582. The van der Waals surface area contributed by atoms with Crippen molar-refractivity contribution in [2.75, 3.05) is 13.1 Å². The van der Waals surface area contributed by atoms with Crippen LogP contribution in [0.3, 0.4) is 0 Å². The topological polar surface area (TPSA) is 96.1 Å². The van der Waals surface area contributed by atoms with Crippen LogP contribution in [0.2, 0.25) is 0 Å². The standard InChI is InChI=1S/C27H37N3O4/c1-5-19-12-9-13-21(16-19)17-22(28)24(31)23-25(32)29(18-20-10-7-6-8-11-20)14-15-30(23)26(33)34-27(2,3)4/h6-13,16,22-24,31H,5,14-15,17-18,28H2,1-4H3/t22-,23-,24-/m0/s1. The Bertz CT molecular complexity index is 973. The van der Waals surface area contributed by atoms with E-state index >= 15 is 0 Å². The van der Waals surface area contributed by atoms with Crippen LogP contribution >= 0.6 is 0 Å². The molecule has 3 rings (SSSR count). The highest BCUT2D eigenvalue weighted by Gasteiger charge is 2.45. The third-order valence-corrected chi connectivity index (χ3v) is 5.99. The molecule has 1 fully saturated rings. The van der Waals surface area contributed by atoms with Crippen molar-refractivity contribution in [3.05, 3.63) is 71.3 Å².